The molecule has 0 aliphatic carbocycles. The fraction of sp³-hybridized carbons (Fsp3) is 0.351. The molecule has 4 aromatic rings. The minimum atomic E-state index is -0.131. The third-order valence-corrected chi connectivity index (χ3v) is 8.02. The lowest BCUT2D eigenvalue weighted by molar-refractivity contribution is -0.117. The lowest BCUT2D eigenvalue weighted by Crippen LogP contribution is -2.47. The van der Waals surface area contributed by atoms with Gasteiger partial charge in [0.05, 0.1) is 16.9 Å². The summed E-state index contributed by atoms with van der Waals surface area (Å²) in [5.74, 6) is 0.916. The Hall–Kier alpha value is -4.76. The van der Waals surface area contributed by atoms with Crippen molar-refractivity contribution in [3.8, 4) is 11.1 Å². The minimum absolute atomic E-state index is 0.00349. The maximum atomic E-state index is 13.3. The standard InChI is InChI=1S/C37H45N7O2/c1-37(2,3)25-35(45)41-32-24-30(13-14-33(32)42-19-21-43(22-20-42)34-12-4-5-17-40-34)29-10-6-9-28(23-29)27-44(18-8-15-38)36(46)31-11-7-16-39-26-31/h4-7,9-14,16-17,23-24,26H,8,15,18-22,25,27,38H2,1-3H3,(H,41,45). The summed E-state index contributed by atoms with van der Waals surface area (Å²) < 4.78 is 0. The Morgan fingerprint density at radius 3 is 2.37 bits per heavy atom. The third-order valence-electron chi connectivity index (χ3n) is 8.02. The van der Waals surface area contributed by atoms with Crippen LogP contribution in [0.4, 0.5) is 17.2 Å². The van der Waals surface area contributed by atoms with Gasteiger partial charge in [-0.3, -0.25) is 14.6 Å². The molecule has 0 unspecified atom stereocenters. The molecular weight excluding hydrogens is 574 g/mol. The number of amides is 2. The molecule has 9 nitrogen and oxygen atoms in total. The van der Waals surface area contributed by atoms with Crippen LogP contribution in [0.2, 0.25) is 0 Å². The van der Waals surface area contributed by atoms with Gasteiger partial charge in [0.25, 0.3) is 5.91 Å². The van der Waals surface area contributed by atoms with Crippen molar-refractivity contribution in [2.75, 3.05) is 54.4 Å². The van der Waals surface area contributed by atoms with Gasteiger partial charge in [0.2, 0.25) is 5.91 Å². The molecule has 0 bridgehead atoms. The van der Waals surface area contributed by atoms with Crippen molar-refractivity contribution in [2.45, 2.75) is 40.2 Å². The zero-order valence-corrected chi connectivity index (χ0v) is 27.2. The number of aromatic nitrogens is 2. The molecule has 0 spiro atoms. The second-order valence-electron chi connectivity index (χ2n) is 13.0. The maximum Gasteiger partial charge on any atom is 0.255 e. The average molecular weight is 620 g/mol. The number of carbonyl (C=O) groups is 2. The number of hydrogen-bond acceptors (Lipinski definition) is 7. The van der Waals surface area contributed by atoms with Gasteiger partial charge < -0.3 is 25.8 Å². The SMILES string of the molecule is CC(C)(C)CC(=O)Nc1cc(-c2cccc(CN(CCCN)C(=O)c3cccnc3)c2)ccc1N1CCN(c2ccccn2)CC1. The molecule has 3 heterocycles. The van der Waals surface area contributed by atoms with E-state index in [1.54, 1.807) is 24.5 Å². The normalized spacial score (nSPS) is 13.4. The van der Waals surface area contributed by atoms with E-state index < -0.39 is 0 Å². The molecule has 1 fully saturated rings. The molecule has 5 rings (SSSR count). The number of nitrogens with two attached hydrogens (primary N) is 1. The number of benzene rings is 2. The van der Waals surface area contributed by atoms with Crippen molar-refractivity contribution < 1.29 is 9.59 Å². The zero-order chi connectivity index (χ0) is 32.5. The second kappa shape index (κ2) is 15.0. The highest BCUT2D eigenvalue weighted by Gasteiger charge is 2.23. The van der Waals surface area contributed by atoms with Gasteiger partial charge in [-0.15, -0.1) is 0 Å². The van der Waals surface area contributed by atoms with Gasteiger partial charge in [-0.2, -0.15) is 0 Å². The van der Waals surface area contributed by atoms with Crippen LogP contribution in [-0.4, -0.2) is 66.0 Å². The largest absolute Gasteiger partial charge is 0.366 e. The number of carbonyl (C=O) groups excluding carboxylic acids is 2. The number of pyridine rings is 2. The van der Waals surface area contributed by atoms with E-state index in [1.807, 2.05) is 41.4 Å². The van der Waals surface area contributed by atoms with Crippen molar-refractivity contribution in [3.05, 3.63) is 103 Å². The van der Waals surface area contributed by atoms with Crippen LogP contribution < -0.4 is 20.9 Å². The van der Waals surface area contributed by atoms with E-state index in [0.29, 0.717) is 38.0 Å². The van der Waals surface area contributed by atoms with E-state index >= 15 is 0 Å². The van der Waals surface area contributed by atoms with Crippen LogP contribution in [0, 0.1) is 5.41 Å². The molecule has 9 heteroatoms. The smallest absolute Gasteiger partial charge is 0.255 e. The van der Waals surface area contributed by atoms with Crippen molar-refractivity contribution in [1.82, 2.24) is 14.9 Å². The first-order valence-electron chi connectivity index (χ1n) is 16.0. The Balaban J connectivity index is 1.39. The molecule has 0 atom stereocenters. The van der Waals surface area contributed by atoms with Gasteiger partial charge in [0.15, 0.2) is 0 Å². The van der Waals surface area contributed by atoms with Gasteiger partial charge in [-0.1, -0.05) is 51.1 Å². The Morgan fingerprint density at radius 2 is 1.67 bits per heavy atom. The summed E-state index contributed by atoms with van der Waals surface area (Å²) in [6.45, 7) is 11.0. The monoisotopic (exact) mass is 619 g/mol. The van der Waals surface area contributed by atoms with E-state index in [4.69, 9.17) is 5.73 Å². The molecule has 1 saturated heterocycles. The predicted molar refractivity (Wildman–Crippen MR) is 186 cm³/mol. The molecule has 1 aliphatic heterocycles. The van der Waals surface area contributed by atoms with Gasteiger partial charge in [0, 0.05) is 64.3 Å². The highest BCUT2D eigenvalue weighted by atomic mass is 16.2. The van der Waals surface area contributed by atoms with E-state index in [2.05, 4.69) is 76.2 Å². The first-order valence-corrected chi connectivity index (χ1v) is 16.0. The molecule has 3 N–H and O–H groups in total. The van der Waals surface area contributed by atoms with Crippen molar-refractivity contribution in [3.63, 3.8) is 0 Å². The van der Waals surface area contributed by atoms with E-state index in [1.165, 1.54) is 0 Å². The number of piperazine rings is 1. The van der Waals surface area contributed by atoms with E-state index in [9.17, 15) is 9.59 Å². The quantitative estimate of drug-likeness (QED) is 0.217. The summed E-state index contributed by atoms with van der Waals surface area (Å²) in [6.07, 6.45) is 6.22. The van der Waals surface area contributed by atoms with Crippen molar-refractivity contribution in [1.29, 1.82) is 0 Å². The first kappa shape index (κ1) is 32.6. The molecule has 2 aromatic carbocycles. The summed E-state index contributed by atoms with van der Waals surface area (Å²) in [5, 5.41) is 3.24. The Bertz CT molecular complexity index is 1600. The Morgan fingerprint density at radius 1 is 0.891 bits per heavy atom. The number of anilines is 3. The molecule has 0 radical (unpaired) electrons. The highest BCUT2D eigenvalue weighted by Crippen LogP contribution is 2.34. The van der Waals surface area contributed by atoms with Crippen LogP contribution in [0.15, 0.2) is 91.4 Å². The Kier molecular flexibility index (Phi) is 10.6. The van der Waals surface area contributed by atoms with Crippen LogP contribution in [0.5, 0.6) is 0 Å². The summed E-state index contributed by atoms with van der Waals surface area (Å²) >= 11 is 0. The number of nitrogens with zero attached hydrogens (tertiary/aromatic N) is 5. The molecule has 1 aliphatic rings. The summed E-state index contributed by atoms with van der Waals surface area (Å²) in [6, 6.07) is 24.1. The molecule has 2 aromatic heterocycles. The van der Waals surface area contributed by atoms with Gasteiger partial charge in [-0.25, -0.2) is 4.98 Å². The topological polar surface area (TPSA) is 108 Å². The van der Waals surface area contributed by atoms with Crippen LogP contribution in [-0.2, 0) is 11.3 Å². The zero-order valence-electron chi connectivity index (χ0n) is 27.2. The van der Waals surface area contributed by atoms with Gasteiger partial charge >= 0.3 is 0 Å². The van der Waals surface area contributed by atoms with Gasteiger partial charge in [-0.05, 0) is 77.5 Å². The third kappa shape index (κ3) is 8.69. The average Bonchev–Trinajstić information content (AvgIpc) is 3.06. The number of nitrogens with one attached hydrogen (secondary N) is 1. The summed E-state index contributed by atoms with van der Waals surface area (Å²) in [7, 11) is 0. The van der Waals surface area contributed by atoms with Gasteiger partial charge in [0.1, 0.15) is 5.82 Å². The molecule has 2 amide bonds. The van der Waals surface area contributed by atoms with Crippen LogP contribution in [0.25, 0.3) is 11.1 Å². The first-order chi connectivity index (χ1) is 22.2. The number of rotatable bonds is 11. The minimum Gasteiger partial charge on any atom is -0.366 e. The molecule has 240 valence electrons. The Labute approximate surface area is 272 Å². The maximum absolute atomic E-state index is 13.3. The second-order valence-corrected chi connectivity index (χ2v) is 13.0. The van der Waals surface area contributed by atoms with Crippen LogP contribution in [0.1, 0.15) is 49.5 Å². The highest BCUT2D eigenvalue weighted by molar-refractivity contribution is 5.96. The lowest BCUT2D eigenvalue weighted by atomic mass is 9.92. The fourth-order valence-electron chi connectivity index (χ4n) is 5.76. The predicted octanol–water partition coefficient (Wildman–Crippen LogP) is 5.84. The summed E-state index contributed by atoms with van der Waals surface area (Å²) in [5.41, 5.74) is 11.1. The van der Waals surface area contributed by atoms with Crippen LogP contribution >= 0.6 is 0 Å². The van der Waals surface area contributed by atoms with Crippen molar-refractivity contribution >= 4 is 29.0 Å². The van der Waals surface area contributed by atoms with Crippen molar-refractivity contribution in [2.24, 2.45) is 11.1 Å². The van der Waals surface area contributed by atoms with E-state index in [0.717, 1.165) is 60.1 Å². The van der Waals surface area contributed by atoms with E-state index in [-0.39, 0.29) is 17.2 Å². The lowest BCUT2D eigenvalue weighted by Gasteiger charge is -2.37. The molecule has 46 heavy (non-hydrogen) atoms. The summed E-state index contributed by atoms with van der Waals surface area (Å²) in [4.78, 5) is 41.6. The molecule has 0 saturated carbocycles. The van der Waals surface area contributed by atoms with Crippen LogP contribution in [0.3, 0.4) is 0 Å². The number of hydrogen-bond donors (Lipinski definition) is 2. The molecular formula is C37H45N7O2. The fourth-order valence-corrected chi connectivity index (χ4v) is 5.76.